The Bertz CT molecular complexity index is 568. The second-order valence-corrected chi connectivity index (χ2v) is 4.99. The number of aryl methyl sites for hydroxylation is 1. The number of benzene rings is 2. The van der Waals surface area contributed by atoms with E-state index < -0.39 is 0 Å². The molecule has 0 saturated heterocycles. The third kappa shape index (κ3) is 3.48. The molecule has 0 radical (unpaired) electrons. The number of hydrogen-bond donors (Lipinski definition) is 1. The van der Waals surface area contributed by atoms with Crippen LogP contribution in [-0.2, 0) is 6.42 Å². The van der Waals surface area contributed by atoms with Gasteiger partial charge in [0.05, 0.1) is 0 Å². The fourth-order valence-corrected chi connectivity index (χ4v) is 2.39. The predicted molar refractivity (Wildman–Crippen MR) is 79.3 cm³/mol. The van der Waals surface area contributed by atoms with Gasteiger partial charge < -0.3 is 5.32 Å². The van der Waals surface area contributed by atoms with Crippen LogP contribution in [0.4, 0.5) is 10.1 Å². The van der Waals surface area contributed by atoms with E-state index in [2.05, 4.69) is 24.4 Å². The average Bonchev–Trinajstić information content (AvgIpc) is 2.38. The molecule has 0 aliphatic heterocycles. The molecular weight excluding hydrogens is 261 g/mol. The smallest absolute Gasteiger partial charge is 0.124 e. The highest BCUT2D eigenvalue weighted by Gasteiger charge is 2.10. The molecule has 0 heterocycles. The zero-order valence-corrected chi connectivity index (χ0v) is 11.8. The van der Waals surface area contributed by atoms with Gasteiger partial charge in [-0.15, -0.1) is 0 Å². The van der Waals surface area contributed by atoms with Gasteiger partial charge in [-0.2, -0.15) is 0 Å². The zero-order chi connectivity index (χ0) is 13.8. The molecular formula is C16H17ClFN. The number of hydrogen-bond acceptors (Lipinski definition) is 1. The van der Waals surface area contributed by atoms with Crippen LogP contribution in [-0.4, -0.2) is 0 Å². The minimum atomic E-state index is -0.311. The van der Waals surface area contributed by atoms with E-state index >= 15 is 0 Å². The lowest BCUT2D eigenvalue weighted by molar-refractivity contribution is 0.626. The summed E-state index contributed by atoms with van der Waals surface area (Å²) in [5, 5.41) is 3.84. The van der Waals surface area contributed by atoms with Crippen molar-refractivity contribution in [3.63, 3.8) is 0 Å². The van der Waals surface area contributed by atoms with Crippen molar-refractivity contribution in [2.45, 2.75) is 26.3 Å². The Morgan fingerprint density at radius 2 is 2.00 bits per heavy atom. The van der Waals surface area contributed by atoms with Gasteiger partial charge in [-0.1, -0.05) is 36.7 Å². The van der Waals surface area contributed by atoms with Crippen LogP contribution in [0, 0.1) is 5.82 Å². The molecule has 0 amide bonds. The molecule has 19 heavy (non-hydrogen) atoms. The van der Waals surface area contributed by atoms with Crippen LogP contribution in [0.1, 0.15) is 31.0 Å². The second kappa shape index (κ2) is 6.07. The lowest BCUT2D eigenvalue weighted by atomic mass is 10.1. The molecule has 0 aliphatic carbocycles. The van der Waals surface area contributed by atoms with Crippen molar-refractivity contribution in [3.8, 4) is 0 Å². The first kappa shape index (κ1) is 13.9. The van der Waals surface area contributed by atoms with E-state index in [4.69, 9.17) is 11.6 Å². The molecule has 2 aromatic rings. The molecule has 1 nitrogen and oxygen atoms in total. The number of nitrogens with one attached hydrogen (secondary N) is 1. The summed E-state index contributed by atoms with van der Waals surface area (Å²) < 4.78 is 13.0. The maximum Gasteiger partial charge on any atom is 0.124 e. The average molecular weight is 278 g/mol. The largest absolute Gasteiger partial charge is 0.378 e. The molecule has 0 aliphatic rings. The van der Waals surface area contributed by atoms with Crippen LogP contribution in [0.3, 0.4) is 0 Å². The number of anilines is 1. The number of rotatable bonds is 4. The van der Waals surface area contributed by atoms with Gasteiger partial charge in [0.15, 0.2) is 0 Å². The highest BCUT2D eigenvalue weighted by atomic mass is 35.5. The third-order valence-corrected chi connectivity index (χ3v) is 3.47. The topological polar surface area (TPSA) is 12.0 Å². The first-order valence-electron chi connectivity index (χ1n) is 6.40. The Morgan fingerprint density at radius 3 is 2.68 bits per heavy atom. The van der Waals surface area contributed by atoms with Crippen molar-refractivity contribution in [3.05, 3.63) is 64.4 Å². The van der Waals surface area contributed by atoms with Crippen LogP contribution in [0.5, 0.6) is 0 Å². The summed E-state index contributed by atoms with van der Waals surface area (Å²) in [7, 11) is 0. The van der Waals surface area contributed by atoms with Crippen LogP contribution in [0.25, 0.3) is 0 Å². The monoisotopic (exact) mass is 277 g/mol. The summed E-state index contributed by atoms with van der Waals surface area (Å²) in [5.41, 5.74) is 3.22. The highest BCUT2D eigenvalue weighted by molar-refractivity contribution is 6.31. The standard InChI is InChI=1S/C16H17ClFN/c1-3-12-5-4-6-14(9-12)19-11(2)15-8-7-13(18)10-16(15)17/h4-11,19H,3H2,1-2H3. The minimum Gasteiger partial charge on any atom is -0.378 e. The van der Waals surface area contributed by atoms with E-state index in [1.807, 2.05) is 19.1 Å². The number of halogens is 2. The summed E-state index contributed by atoms with van der Waals surface area (Å²) in [6, 6.07) is 12.8. The van der Waals surface area contributed by atoms with Crippen molar-refractivity contribution < 1.29 is 4.39 Å². The summed E-state index contributed by atoms with van der Waals surface area (Å²) in [4.78, 5) is 0. The Balaban J connectivity index is 2.17. The summed E-state index contributed by atoms with van der Waals surface area (Å²) in [5.74, 6) is -0.311. The van der Waals surface area contributed by atoms with E-state index in [9.17, 15) is 4.39 Å². The molecule has 0 fully saturated rings. The first-order valence-corrected chi connectivity index (χ1v) is 6.78. The molecule has 2 rings (SSSR count). The van der Waals surface area contributed by atoms with Crippen molar-refractivity contribution in [2.24, 2.45) is 0 Å². The van der Waals surface area contributed by atoms with Gasteiger partial charge in [0.1, 0.15) is 5.82 Å². The molecule has 0 saturated carbocycles. The van der Waals surface area contributed by atoms with Crippen LogP contribution in [0.2, 0.25) is 5.02 Å². The molecule has 1 unspecified atom stereocenters. The molecule has 0 aromatic heterocycles. The van der Waals surface area contributed by atoms with Crippen LogP contribution >= 0.6 is 11.6 Å². The zero-order valence-electron chi connectivity index (χ0n) is 11.1. The highest BCUT2D eigenvalue weighted by Crippen LogP contribution is 2.26. The van der Waals surface area contributed by atoms with Gasteiger partial charge in [-0.25, -0.2) is 4.39 Å². The van der Waals surface area contributed by atoms with Gasteiger partial charge in [0.25, 0.3) is 0 Å². The van der Waals surface area contributed by atoms with Crippen molar-refractivity contribution in [1.82, 2.24) is 0 Å². The summed E-state index contributed by atoms with van der Waals surface area (Å²) in [6.07, 6.45) is 1.00. The minimum absolute atomic E-state index is 0.0280. The Labute approximate surface area is 118 Å². The van der Waals surface area contributed by atoms with Crippen molar-refractivity contribution in [1.29, 1.82) is 0 Å². The van der Waals surface area contributed by atoms with Crippen molar-refractivity contribution >= 4 is 17.3 Å². The lowest BCUT2D eigenvalue weighted by Crippen LogP contribution is -2.07. The van der Waals surface area contributed by atoms with E-state index in [0.717, 1.165) is 17.7 Å². The Hall–Kier alpha value is -1.54. The first-order chi connectivity index (χ1) is 9.10. The SMILES string of the molecule is CCc1cccc(NC(C)c2ccc(F)cc2Cl)c1. The van der Waals surface area contributed by atoms with E-state index in [1.165, 1.54) is 17.7 Å². The maximum atomic E-state index is 13.0. The quantitative estimate of drug-likeness (QED) is 0.808. The second-order valence-electron chi connectivity index (χ2n) is 4.59. The van der Waals surface area contributed by atoms with E-state index in [-0.39, 0.29) is 11.9 Å². The molecule has 100 valence electrons. The molecule has 1 N–H and O–H groups in total. The van der Waals surface area contributed by atoms with E-state index in [1.54, 1.807) is 6.07 Å². The van der Waals surface area contributed by atoms with Crippen molar-refractivity contribution in [2.75, 3.05) is 5.32 Å². The van der Waals surface area contributed by atoms with Gasteiger partial charge in [0.2, 0.25) is 0 Å². The predicted octanol–water partition coefficient (Wildman–Crippen LogP) is 5.21. The lowest BCUT2D eigenvalue weighted by Gasteiger charge is -2.17. The fraction of sp³-hybridized carbons (Fsp3) is 0.250. The van der Waals surface area contributed by atoms with Gasteiger partial charge >= 0.3 is 0 Å². The normalized spacial score (nSPS) is 12.2. The maximum absolute atomic E-state index is 13.0. The van der Waals surface area contributed by atoms with Gasteiger partial charge in [-0.3, -0.25) is 0 Å². The van der Waals surface area contributed by atoms with Crippen LogP contribution < -0.4 is 5.32 Å². The third-order valence-electron chi connectivity index (χ3n) is 3.15. The Kier molecular flexibility index (Phi) is 4.43. The fourth-order valence-electron chi connectivity index (χ4n) is 2.06. The Morgan fingerprint density at radius 1 is 1.21 bits per heavy atom. The molecule has 0 spiro atoms. The van der Waals surface area contributed by atoms with E-state index in [0.29, 0.717) is 5.02 Å². The van der Waals surface area contributed by atoms with Crippen LogP contribution in [0.15, 0.2) is 42.5 Å². The molecule has 3 heteroatoms. The molecule has 2 aromatic carbocycles. The molecule has 0 bridgehead atoms. The summed E-state index contributed by atoms with van der Waals surface area (Å²) in [6.45, 7) is 4.14. The van der Waals surface area contributed by atoms with Gasteiger partial charge in [0, 0.05) is 16.8 Å². The molecule has 1 atom stereocenters. The summed E-state index contributed by atoms with van der Waals surface area (Å²) >= 11 is 6.07. The van der Waals surface area contributed by atoms with Gasteiger partial charge in [-0.05, 0) is 48.7 Å².